The molecule has 2 rings (SSSR count). The number of carboxylic acid groups (broad SMARTS) is 1. The first-order chi connectivity index (χ1) is 9.38. The van der Waals surface area contributed by atoms with Crippen LogP contribution in [-0.4, -0.2) is 16.1 Å². The van der Waals surface area contributed by atoms with Crippen LogP contribution < -0.4 is 10.5 Å². The Kier molecular flexibility index (Phi) is 3.94. The van der Waals surface area contributed by atoms with E-state index in [0.29, 0.717) is 5.75 Å². The molecule has 0 spiro atoms. The van der Waals surface area contributed by atoms with Crippen LogP contribution in [-0.2, 0) is 0 Å². The molecular formula is C14H13BrN2O3. The van der Waals surface area contributed by atoms with Gasteiger partial charge in [-0.2, -0.15) is 0 Å². The van der Waals surface area contributed by atoms with E-state index in [1.165, 1.54) is 12.1 Å². The highest BCUT2D eigenvalue weighted by atomic mass is 79.9. The SMILES string of the molecule is Cc1cc(Oc2nc(C(=O)O)ccc2N)cc(C)c1Br. The second-order valence-electron chi connectivity index (χ2n) is 4.37. The number of nitrogens with zero attached hydrogens (tertiary/aromatic N) is 1. The number of aryl methyl sites for hydroxylation is 2. The molecule has 0 unspecified atom stereocenters. The molecule has 1 heterocycles. The van der Waals surface area contributed by atoms with Gasteiger partial charge in [0.15, 0.2) is 5.69 Å². The summed E-state index contributed by atoms with van der Waals surface area (Å²) in [5, 5.41) is 8.93. The summed E-state index contributed by atoms with van der Waals surface area (Å²) in [7, 11) is 0. The van der Waals surface area contributed by atoms with Gasteiger partial charge in [0, 0.05) is 4.47 Å². The van der Waals surface area contributed by atoms with Gasteiger partial charge in [0.25, 0.3) is 0 Å². The Morgan fingerprint density at radius 3 is 2.45 bits per heavy atom. The van der Waals surface area contributed by atoms with Crippen molar-refractivity contribution in [3.63, 3.8) is 0 Å². The summed E-state index contributed by atoms with van der Waals surface area (Å²) in [6.45, 7) is 3.88. The van der Waals surface area contributed by atoms with Crippen molar-refractivity contribution >= 4 is 27.6 Å². The van der Waals surface area contributed by atoms with E-state index in [4.69, 9.17) is 15.6 Å². The number of pyridine rings is 1. The number of benzene rings is 1. The predicted molar refractivity (Wildman–Crippen MR) is 79.3 cm³/mol. The number of halogens is 1. The number of nitrogen functional groups attached to an aromatic ring is 1. The number of hydrogen-bond donors (Lipinski definition) is 2. The molecule has 5 nitrogen and oxygen atoms in total. The highest BCUT2D eigenvalue weighted by Gasteiger charge is 2.11. The van der Waals surface area contributed by atoms with Gasteiger partial charge in [-0.1, -0.05) is 15.9 Å². The topological polar surface area (TPSA) is 85.4 Å². The minimum Gasteiger partial charge on any atom is -0.477 e. The highest BCUT2D eigenvalue weighted by molar-refractivity contribution is 9.10. The standard InChI is InChI=1S/C14H13BrN2O3/c1-7-5-9(6-8(2)12(7)15)20-13-10(16)3-4-11(17-13)14(18)19/h3-6H,16H2,1-2H3,(H,18,19). The summed E-state index contributed by atoms with van der Waals surface area (Å²) in [4.78, 5) is 14.8. The van der Waals surface area contributed by atoms with Gasteiger partial charge in [-0.05, 0) is 49.2 Å². The van der Waals surface area contributed by atoms with E-state index in [0.717, 1.165) is 15.6 Å². The van der Waals surface area contributed by atoms with Crippen molar-refractivity contribution in [3.05, 3.63) is 45.6 Å². The Morgan fingerprint density at radius 2 is 1.90 bits per heavy atom. The van der Waals surface area contributed by atoms with Crippen LogP contribution in [0.1, 0.15) is 21.6 Å². The zero-order valence-corrected chi connectivity index (χ0v) is 12.6. The Hall–Kier alpha value is -2.08. The zero-order valence-electron chi connectivity index (χ0n) is 11.0. The van der Waals surface area contributed by atoms with E-state index in [2.05, 4.69) is 20.9 Å². The maximum absolute atomic E-state index is 10.9. The van der Waals surface area contributed by atoms with Crippen LogP contribution in [0, 0.1) is 13.8 Å². The fourth-order valence-corrected chi connectivity index (χ4v) is 1.96. The lowest BCUT2D eigenvalue weighted by molar-refractivity contribution is 0.0689. The average Bonchev–Trinajstić information content (AvgIpc) is 2.38. The number of hydrogen-bond acceptors (Lipinski definition) is 4. The van der Waals surface area contributed by atoms with Crippen LogP contribution >= 0.6 is 15.9 Å². The number of anilines is 1. The number of carboxylic acids is 1. The van der Waals surface area contributed by atoms with Crippen molar-refractivity contribution in [3.8, 4) is 11.6 Å². The van der Waals surface area contributed by atoms with Crippen LogP contribution in [0.3, 0.4) is 0 Å². The summed E-state index contributed by atoms with van der Waals surface area (Å²) in [6.07, 6.45) is 0. The van der Waals surface area contributed by atoms with Gasteiger partial charge in [-0.15, -0.1) is 0 Å². The number of rotatable bonds is 3. The number of ether oxygens (including phenoxy) is 1. The van der Waals surface area contributed by atoms with Gasteiger partial charge >= 0.3 is 5.97 Å². The number of carbonyl (C=O) groups is 1. The van der Waals surface area contributed by atoms with Crippen molar-refractivity contribution < 1.29 is 14.6 Å². The third-order valence-electron chi connectivity index (χ3n) is 2.73. The molecule has 6 heteroatoms. The molecule has 0 aliphatic carbocycles. The highest BCUT2D eigenvalue weighted by Crippen LogP contribution is 2.31. The summed E-state index contributed by atoms with van der Waals surface area (Å²) in [5.74, 6) is -0.478. The van der Waals surface area contributed by atoms with E-state index < -0.39 is 5.97 Å². The minimum absolute atomic E-state index is 0.0889. The molecule has 1 aromatic carbocycles. The van der Waals surface area contributed by atoms with Gasteiger partial charge in [-0.25, -0.2) is 9.78 Å². The average molecular weight is 337 g/mol. The predicted octanol–water partition coefficient (Wildman–Crippen LogP) is 3.53. The van der Waals surface area contributed by atoms with Crippen LogP contribution in [0.2, 0.25) is 0 Å². The van der Waals surface area contributed by atoms with Crippen LogP contribution in [0.25, 0.3) is 0 Å². The van der Waals surface area contributed by atoms with Crippen LogP contribution in [0.5, 0.6) is 11.6 Å². The molecular weight excluding hydrogens is 324 g/mol. The Labute approximate surface area is 124 Å². The molecule has 3 N–H and O–H groups in total. The van der Waals surface area contributed by atoms with Crippen LogP contribution in [0.15, 0.2) is 28.7 Å². The Bertz CT molecular complexity index is 663. The van der Waals surface area contributed by atoms with Crippen molar-refractivity contribution in [2.24, 2.45) is 0 Å². The quantitative estimate of drug-likeness (QED) is 0.895. The molecule has 0 radical (unpaired) electrons. The number of nitrogens with two attached hydrogens (primary N) is 1. The summed E-state index contributed by atoms with van der Waals surface area (Å²) in [5.41, 5.74) is 7.94. The van der Waals surface area contributed by atoms with Gasteiger partial charge in [0.1, 0.15) is 5.75 Å². The molecule has 20 heavy (non-hydrogen) atoms. The summed E-state index contributed by atoms with van der Waals surface area (Å²) >= 11 is 3.47. The lowest BCUT2D eigenvalue weighted by Crippen LogP contribution is -2.03. The smallest absolute Gasteiger partial charge is 0.354 e. The molecule has 1 aromatic heterocycles. The lowest BCUT2D eigenvalue weighted by atomic mass is 10.1. The Balaban J connectivity index is 2.39. The third kappa shape index (κ3) is 2.91. The summed E-state index contributed by atoms with van der Waals surface area (Å²) < 4.78 is 6.60. The number of aromatic nitrogens is 1. The normalized spacial score (nSPS) is 10.3. The fraction of sp³-hybridized carbons (Fsp3) is 0.143. The lowest BCUT2D eigenvalue weighted by Gasteiger charge is -2.11. The van der Waals surface area contributed by atoms with E-state index in [9.17, 15) is 4.79 Å². The Morgan fingerprint density at radius 1 is 1.30 bits per heavy atom. The van der Waals surface area contributed by atoms with Crippen molar-refractivity contribution in [2.75, 3.05) is 5.73 Å². The monoisotopic (exact) mass is 336 g/mol. The molecule has 0 atom stereocenters. The van der Waals surface area contributed by atoms with E-state index >= 15 is 0 Å². The van der Waals surface area contributed by atoms with Gasteiger partial charge in [-0.3, -0.25) is 0 Å². The van der Waals surface area contributed by atoms with E-state index in [-0.39, 0.29) is 17.3 Å². The van der Waals surface area contributed by atoms with Crippen LogP contribution in [0.4, 0.5) is 5.69 Å². The molecule has 0 fully saturated rings. The molecule has 0 saturated heterocycles. The maximum Gasteiger partial charge on any atom is 0.354 e. The number of aromatic carboxylic acids is 1. The molecule has 104 valence electrons. The molecule has 0 aliphatic rings. The molecule has 0 saturated carbocycles. The first kappa shape index (κ1) is 14.3. The molecule has 0 bridgehead atoms. The second kappa shape index (κ2) is 5.50. The maximum atomic E-state index is 10.9. The first-order valence-electron chi connectivity index (χ1n) is 5.83. The molecule has 2 aromatic rings. The zero-order chi connectivity index (χ0) is 14.9. The van der Waals surface area contributed by atoms with E-state index in [1.807, 2.05) is 26.0 Å². The van der Waals surface area contributed by atoms with Gasteiger partial charge in [0.2, 0.25) is 5.88 Å². The van der Waals surface area contributed by atoms with Gasteiger partial charge < -0.3 is 15.6 Å². The summed E-state index contributed by atoms with van der Waals surface area (Å²) in [6, 6.07) is 6.45. The second-order valence-corrected chi connectivity index (χ2v) is 5.16. The minimum atomic E-state index is -1.13. The third-order valence-corrected chi connectivity index (χ3v) is 3.98. The van der Waals surface area contributed by atoms with Gasteiger partial charge in [0.05, 0.1) is 5.69 Å². The van der Waals surface area contributed by atoms with Crippen molar-refractivity contribution in [2.45, 2.75) is 13.8 Å². The molecule has 0 amide bonds. The first-order valence-corrected chi connectivity index (χ1v) is 6.62. The molecule has 0 aliphatic heterocycles. The largest absolute Gasteiger partial charge is 0.477 e. The van der Waals surface area contributed by atoms with E-state index in [1.54, 1.807) is 0 Å². The van der Waals surface area contributed by atoms with Crippen molar-refractivity contribution in [1.82, 2.24) is 4.98 Å². The van der Waals surface area contributed by atoms with Crippen molar-refractivity contribution in [1.29, 1.82) is 0 Å². The fourth-order valence-electron chi connectivity index (χ4n) is 1.73.